The zero-order chi connectivity index (χ0) is 19.3. The maximum absolute atomic E-state index is 13.3. The van der Waals surface area contributed by atoms with Gasteiger partial charge in [-0.15, -0.1) is 0 Å². The lowest BCUT2D eigenvalue weighted by Gasteiger charge is -2.14. The van der Waals surface area contributed by atoms with Crippen LogP contribution in [0, 0.1) is 5.95 Å². The van der Waals surface area contributed by atoms with Crippen LogP contribution in [0.25, 0.3) is 27.5 Å². The second kappa shape index (κ2) is 6.23. The number of nitrogens with zero attached hydrogens (tertiary/aromatic N) is 5. The Labute approximate surface area is 159 Å². The van der Waals surface area contributed by atoms with E-state index in [9.17, 15) is 9.18 Å². The van der Waals surface area contributed by atoms with Gasteiger partial charge in [-0.25, -0.2) is 4.98 Å². The highest BCUT2D eigenvalue weighted by molar-refractivity contribution is 6.04. The predicted molar refractivity (Wildman–Crippen MR) is 106 cm³/mol. The molecule has 0 aliphatic carbocycles. The van der Waals surface area contributed by atoms with E-state index < -0.39 is 5.95 Å². The highest BCUT2D eigenvalue weighted by atomic mass is 19.1. The van der Waals surface area contributed by atoms with Crippen molar-refractivity contribution in [1.29, 1.82) is 0 Å². The van der Waals surface area contributed by atoms with Crippen LogP contribution in [-0.2, 0) is 0 Å². The van der Waals surface area contributed by atoms with Gasteiger partial charge in [0, 0.05) is 48.8 Å². The number of pyridine rings is 3. The second-order valence-electron chi connectivity index (χ2n) is 6.90. The van der Waals surface area contributed by atoms with Gasteiger partial charge in [0.2, 0.25) is 5.95 Å². The zero-order valence-electron chi connectivity index (χ0n) is 15.1. The van der Waals surface area contributed by atoms with Gasteiger partial charge in [-0.2, -0.15) is 9.49 Å². The lowest BCUT2D eigenvalue weighted by Crippen LogP contribution is -2.18. The Morgan fingerprint density at radius 1 is 1.07 bits per heavy atom. The molecule has 0 amide bonds. The second-order valence-corrected chi connectivity index (χ2v) is 6.90. The molecule has 4 heterocycles. The van der Waals surface area contributed by atoms with Crippen molar-refractivity contribution in [1.82, 2.24) is 19.5 Å². The normalized spacial score (nSPS) is 16.4. The van der Waals surface area contributed by atoms with E-state index in [1.165, 1.54) is 18.3 Å². The minimum Gasteiger partial charge on any atom is -0.299 e. The average molecular weight is 373 g/mol. The third-order valence-corrected chi connectivity index (χ3v) is 5.04. The highest BCUT2D eigenvalue weighted by Gasteiger charge is 2.18. The molecular formula is C21H16FN5O. The van der Waals surface area contributed by atoms with Crippen LogP contribution >= 0.6 is 0 Å². The number of hydrazone groups is 1. The minimum absolute atomic E-state index is 0.182. The summed E-state index contributed by atoms with van der Waals surface area (Å²) in [4.78, 5) is 21.0. The third kappa shape index (κ3) is 2.63. The first-order chi connectivity index (χ1) is 13.6. The van der Waals surface area contributed by atoms with E-state index in [0.717, 1.165) is 33.9 Å². The monoisotopic (exact) mass is 373 g/mol. The fourth-order valence-electron chi connectivity index (χ4n) is 3.68. The van der Waals surface area contributed by atoms with Crippen LogP contribution in [0.4, 0.5) is 4.39 Å². The predicted octanol–water partition coefficient (Wildman–Crippen LogP) is 3.09. The van der Waals surface area contributed by atoms with Gasteiger partial charge in [0.15, 0.2) is 0 Å². The smallest absolute Gasteiger partial charge is 0.255 e. The fourth-order valence-corrected chi connectivity index (χ4v) is 3.68. The number of benzene rings is 1. The van der Waals surface area contributed by atoms with E-state index in [1.807, 2.05) is 30.4 Å². The molecule has 28 heavy (non-hydrogen) atoms. The minimum atomic E-state index is -0.588. The van der Waals surface area contributed by atoms with Crippen LogP contribution in [0.3, 0.4) is 0 Å². The third-order valence-electron chi connectivity index (χ3n) is 5.04. The molecule has 1 atom stereocenters. The van der Waals surface area contributed by atoms with Crippen molar-refractivity contribution in [2.75, 3.05) is 13.6 Å². The van der Waals surface area contributed by atoms with Gasteiger partial charge < -0.3 is 0 Å². The van der Waals surface area contributed by atoms with Crippen molar-refractivity contribution in [3.05, 3.63) is 76.7 Å². The average Bonchev–Trinajstić information content (AvgIpc) is 3.14. The molecule has 3 aromatic heterocycles. The number of aromatic nitrogens is 3. The summed E-state index contributed by atoms with van der Waals surface area (Å²) in [6.07, 6.45) is 5.04. The molecule has 0 saturated carbocycles. The van der Waals surface area contributed by atoms with Crippen molar-refractivity contribution in [2.45, 2.75) is 5.92 Å². The van der Waals surface area contributed by atoms with Crippen LogP contribution in [0.2, 0.25) is 0 Å². The molecular weight excluding hydrogens is 357 g/mol. The van der Waals surface area contributed by atoms with Crippen molar-refractivity contribution in [3.8, 4) is 5.69 Å². The van der Waals surface area contributed by atoms with Gasteiger partial charge in [-0.1, -0.05) is 6.07 Å². The molecule has 0 spiro atoms. The van der Waals surface area contributed by atoms with Crippen LogP contribution in [0.1, 0.15) is 11.5 Å². The van der Waals surface area contributed by atoms with E-state index in [4.69, 9.17) is 0 Å². The molecule has 5 rings (SSSR count). The molecule has 4 aromatic rings. The molecule has 0 bridgehead atoms. The maximum Gasteiger partial charge on any atom is 0.255 e. The summed E-state index contributed by atoms with van der Waals surface area (Å²) in [5, 5.41) is 7.90. The van der Waals surface area contributed by atoms with Gasteiger partial charge in [-0.05, 0) is 35.9 Å². The summed E-state index contributed by atoms with van der Waals surface area (Å²) in [6.45, 7) is 0.804. The van der Waals surface area contributed by atoms with Crippen LogP contribution in [-0.4, -0.2) is 39.4 Å². The van der Waals surface area contributed by atoms with E-state index in [1.54, 1.807) is 22.9 Å². The van der Waals surface area contributed by atoms with Crippen molar-refractivity contribution < 1.29 is 4.39 Å². The van der Waals surface area contributed by atoms with E-state index >= 15 is 0 Å². The number of halogens is 1. The first-order valence-electron chi connectivity index (χ1n) is 8.92. The number of rotatable bonds is 2. The summed E-state index contributed by atoms with van der Waals surface area (Å²) < 4.78 is 14.9. The lowest BCUT2D eigenvalue weighted by atomic mass is 9.98. The van der Waals surface area contributed by atoms with E-state index in [-0.39, 0.29) is 11.5 Å². The van der Waals surface area contributed by atoms with Crippen molar-refractivity contribution >= 4 is 28.0 Å². The SMILES string of the molecule is CN1CC(c2ccc3ncc4ccc(=O)n(-c5ccc(F)nc5)c4c3c2)C=N1. The largest absolute Gasteiger partial charge is 0.299 e. The summed E-state index contributed by atoms with van der Waals surface area (Å²) in [5.74, 6) is -0.406. The maximum atomic E-state index is 13.3. The van der Waals surface area contributed by atoms with E-state index in [2.05, 4.69) is 21.1 Å². The quantitative estimate of drug-likeness (QED) is 0.400. The molecule has 1 unspecified atom stereocenters. The Morgan fingerprint density at radius 3 is 2.71 bits per heavy atom. The molecule has 1 aliphatic heterocycles. The first kappa shape index (κ1) is 16.6. The molecule has 0 radical (unpaired) electrons. The van der Waals surface area contributed by atoms with Crippen LogP contribution in [0.5, 0.6) is 0 Å². The Balaban J connectivity index is 1.82. The summed E-state index contributed by atoms with van der Waals surface area (Å²) in [5.41, 5.74) is 2.93. The summed E-state index contributed by atoms with van der Waals surface area (Å²) in [6, 6.07) is 12.1. The number of hydrogen-bond donors (Lipinski definition) is 0. The van der Waals surface area contributed by atoms with Crippen molar-refractivity contribution in [3.63, 3.8) is 0 Å². The molecule has 138 valence electrons. The van der Waals surface area contributed by atoms with Gasteiger partial charge >= 0.3 is 0 Å². The summed E-state index contributed by atoms with van der Waals surface area (Å²) >= 11 is 0. The Morgan fingerprint density at radius 2 is 1.96 bits per heavy atom. The van der Waals surface area contributed by atoms with Gasteiger partial charge in [0.25, 0.3) is 5.56 Å². The van der Waals surface area contributed by atoms with Crippen LogP contribution < -0.4 is 5.56 Å². The van der Waals surface area contributed by atoms with Gasteiger partial charge in [0.05, 0.1) is 22.9 Å². The number of fused-ring (bicyclic) bond motifs is 3. The van der Waals surface area contributed by atoms with Gasteiger partial charge in [-0.3, -0.25) is 19.4 Å². The molecule has 0 fully saturated rings. The number of likely N-dealkylation sites (N-methyl/N-ethyl adjacent to an activating group) is 1. The molecule has 0 saturated heterocycles. The van der Waals surface area contributed by atoms with Crippen LogP contribution in [0.15, 0.2) is 64.8 Å². The molecule has 1 aromatic carbocycles. The van der Waals surface area contributed by atoms with Gasteiger partial charge in [0.1, 0.15) is 0 Å². The zero-order valence-corrected chi connectivity index (χ0v) is 15.1. The standard InChI is InChI=1S/C21H16FN5O/c1-26-12-15(10-25-26)13-2-5-18-17(8-13)21-14(9-23-18)3-7-20(28)27(21)16-4-6-19(22)24-11-16/h2-11,15H,12H2,1H3. The molecule has 7 heteroatoms. The molecule has 1 aliphatic rings. The molecule has 0 N–H and O–H groups in total. The summed E-state index contributed by atoms with van der Waals surface area (Å²) in [7, 11) is 1.94. The lowest BCUT2D eigenvalue weighted by molar-refractivity contribution is 0.381. The molecule has 6 nitrogen and oxygen atoms in total. The Kier molecular flexibility index (Phi) is 3.68. The fraction of sp³-hybridized carbons (Fsp3) is 0.143. The Hall–Kier alpha value is -3.61. The Bertz CT molecular complexity index is 1300. The first-order valence-corrected chi connectivity index (χ1v) is 8.92. The van der Waals surface area contributed by atoms with E-state index in [0.29, 0.717) is 5.69 Å². The number of hydrogen-bond acceptors (Lipinski definition) is 5. The highest BCUT2D eigenvalue weighted by Crippen LogP contribution is 2.28. The topological polar surface area (TPSA) is 63.4 Å². The van der Waals surface area contributed by atoms with Crippen molar-refractivity contribution in [2.24, 2.45) is 5.10 Å².